The molecule has 4 N–H and O–H groups in total. The van der Waals surface area contributed by atoms with Crippen molar-refractivity contribution in [1.82, 2.24) is 20.2 Å². The van der Waals surface area contributed by atoms with Crippen LogP contribution in [0.25, 0.3) is 11.0 Å². The van der Waals surface area contributed by atoms with E-state index in [2.05, 4.69) is 25.5 Å². The second-order valence-electron chi connectivity index (χ2n) is 5.51. The van der Waals surface area contributed by atoms with Gasteiger partial charge in [0.1, 0.15) is 5.39 Å². The van der Waals surface area contributed by atoms with Gasteiger partial charge in [-0.1, -0.05) is 30.3 Å². The van der Waals surface area contributed by atoms with E-state index in [1.54, 1.807) is 0 Å². The fourth-order valence-electron chi connectivity index (χ4n) is 2.53. The molecule has 0 radical (unpaired) electrons. The molecule has 3 aromatic rings. The van der Waals surface area contributed by atoms with Crippen molar-refractivity contribution >= 4 is 23.0 Å². The predicted octanol–water partition coefficient (Wildman–Crippen LogP) is 1.53. The Hall–Kier alpha value is -3.16. The van der Waals surface area contributed by atoms with Crippen LogP contribution < -0.4 is 10.9 Å². The lowest BCUT2D eigenvalue weighted by Gasteiger charge is -2.18. The molecule has 1 atom stereocenters. The van der Waals surface area contributed by atoms with Crippen LogP contribution in [-0.4, -0.2) is 37.3 Å². The van der Waals surface area contributed by atoms with Crippen molar-refractivity contribution in [3.05, 3.63) is 52.4 Å². The first-order chi connectivity index (χ1) is 11.6. The molecular formula is C16H17N5O3. The normalized spacial score (nSPS) is 12.2. The third-order valence-electron chi connectivity index (χ3n) is 3.69. The average Bonchev–Trinajstić information content (AvgIpc) is 3.02. The number of hydrogen-bond acceptors (Lipinski definition) is 5. The minimum atomic E-state index is -0.861. The molecule has 0 aliphatic carbocycles. The highest BCUT2D eigenvalue weighted by molar-refractivity contribution is 5.73. The van der Waals surface area contributed by atoms with Crippen LogP contribution in [0.4, 0.5) is 5.95 Å². The number of anilines is 1. The fraction of sp³-hybridized carbons (Fsp3) is 0.250. The number of aliphatic carboxylic acids is 1. The third-order valence-corrected chi connectivity index (χ3v) is 3.69. The van der Waals surface area contributed by atoms with Crippen molar-refractivity contribution in [1.29, 1.82) is 0 Å². The number of carbonyl (C=O) groups is 1. The maximum absolute atomic E-state index is 12.0. The van der Waals surface area contributed by atoms with Gasteiger partial charge in [-0.25, -0.2) is 0 Å². The van der Waals surface area contributed by atoms with Crippen LogP contribution in [0, 0.1) is 0 Å². The smallest absolute Gasteiger partial charge is 0.303 e. The van der Waals surface area contributed by atoms with Gasteiger partial charge in [0, 0.05) is 12.5 Å². The van der Waals surface area contributed by atoms with Crippen molar-refractivity contribution in [2.24, 2.45) is 0 Å². The molecule has 124 valence electrons. The van der Waals surface area contributed by atoms with Crippen molar-refractivity contribution < 1.29 is 9.90 Å². The van der Waals surface area contributed by atoms with Crippen molar-refractivity contribution in [2.45, 2.75) is 25.3 Å². The SMILES string of the molecule is O=C(O)CCC(Cc1ccccc1)Nc1nc2[nH]ncc2c(=O)[nH]1. The second-order valence-corrected chi connectivity index (χ2v) is 5.51. The number of nitrogens with zero attached hydrogens (tertiary/aromatic N) is 2. The zero-order valence-electron chi connectivity index (χ0n) is 12.8. The van der Waals surface area contributed by atoms with Gasteiger partial charge in [-0.05, 0) is 18.4 Å². The highest BCUT2D eigenvalue weighted by Gasteiger charge is 2.14. The molecule has 8 nitrogen and oxygen atoms in total. The summed E-state index contributed by atoms with van der Waals surface area (Å²) >= 11 is 0. The van der Waals surface area contributed by atoms with Gasteiger partial charge in [0.2, 0.25) is 5.95 Å². The minimum absolute atomic E-state index is 0.0288. The molecule has 3 rings (SSSR count). The minimum Gasteiger partial charge on any atom is -0.481 e. The summed E-state index contributed by atoms with van der Waals surface area (Å²) in [5.41, 5.74) is 1.16. The number of aromatic nitrogens is 4. The highest BCUT2D eigenvalue weighted by Crippen LogP contribution is 2.13. The van der Waals surface area contributed by atoms with Gasteiger partial charge in [0.25, 0.3) is 5.56 Å². The molecule has 0 fully saturated rings. The van der Waals surface area contributed by atoms with Crippen molar-refractivity contribution in [3.8, 4) is 0 Å². The molecule has 2 aromatic heterocycles. The predicted molar refractivity (Wildman–Crippen MR) is 88.9 cm³/mol. The summed E-state index contributed by atoms with van der Waals surface area (Å²) in [6, 6.07) is 9.56. The Morgan fingerprint density at radius 3 is 2.83 bits per heavy atom. The van der Waals surface area contributed by atoms with Crippen LogP contribution in [0.2, 0.25) is 0 Å². The Kier molecular flexibility index (Phi) is 4.55. The van der Waals surface area contributed by atoms with E-state index in [9.17, 15) is 9.59 Å². The largest absolute Gasteiger partial charge is 0.481 e. The Morgan fingerprint density at radius 1 is 1.29 bits per heavy atom. The van der Waals surface area contributed by atoms with Crippen LogP contribution in [0.5, 0.6) is 0 Å². The number of fused-ring (bicyclic) bond motifs is 1. The standard InChI is InChI=1S/C16H17N5O3/c22-13(23)7-6-11(8-10-4-2-1-3-5-10)18-16-19-14-12(9-17-21-14)15(24)20-16/h1-5,9,11H,6-8H2,(H,22,23)(H3,17,18,19,20,21,24). The maximum atomic E-state index is 12.0. The van der Waals surface area contributed by atoms with Crippen LogP contribution in [-0.2, 0) is 11.2 Å². The number of rotatable bonds is 7. The topological polar surface area (TPSA) is 124 Å². The van der Waals surface area contributed by atoms with Gasteiger partial charge in [-0.2, -0.15) is 10.1 Å². The number of carboxylic acid groups (broad SMARTS) is 1. The van der Waals surface area contributed by atoms with E-state index in [-0.39, 0.29) is 18.0 Å². The molecule has 24 heavy (non-hydrogen) atoms. The fourth-order valence-corrected chi connectivity index (χ4v) is 2.53. The van der Waals surface area contributed by atoms with Crippen LogP contribution in [0.3, 0.4) is 0 Å². The Labute approximate surface area is 136 Å². The number of H-pyrrole nitrogens is 2. The maximum Gasteiger partial charge on any atom is 0.303 e. The summed E-state index contributed by atoms with van der Waals surface area (Å²) in [5, 5.41) is 18.9. The Balaban J connectivity index is 1.81. The van der Waals surface area contributed by atoms with Gasteiger partial charge in [-0.15, -0.1) is 0 Å². The Bertz CT molecular complexity index is 887. The van der Waals surface area contributed by atoms with E-state index >= 15 is 0 Å². The first-order valence-electron chi connectivity index (χ1n) is 7.57. The summed E-state index contributed by atoms with van der Waals surface area (Å²) in [6.07, 6.45) is 2.48. The van der Waals surface area contributed by atoms with Gasteiger partial charge in [0.05, 0.1) is 6.20 Å². The van der Waals surface area contributed by atoms with E-state index in [0.717, 1.165) is 5.56 Å². The summed E-state index contributed by atoms with van der Waals surface area (Å²) in [6.45, 7) is 0. The number of hydrogen-bond donors (Lipinski definition) is 4. The van der Waals surface area contributed by atoms with Crippen LogP contribution >= 0.6 is 0 Å². The summed E-state index contributed by atoms with van der Waals surface area (Å²) in [7, 11) is 0. The molecule has 1 unspecified atom stereocenters. The molecule has 0 spiro atoms. The molecule has 1 aromatic carbocycles. The quantitative estimate of drug-likeness (QED) is 0.522. The highest BCUT2D eigenvalue weighted by atomic mass is 16.4. The molecule has 0 bridgehead atoms. The lowest BCUT2D eigenvalue weighted by atomic mass is 10.0. The molecule has 0 saturated heterocycles. The lowest BCUT2D eigenvalue weighted by molar-refractivity contribution is -0.137. The molecule has 0 amide bonds. The molecular weight excluding hydrogens is 310 g/mol. The van der Waals surface area contributed by atoms with E-state index < -0.39 is 5.97 Å². The van der Waals surface area contributed by atoms with Gasteiger partial charge in [-0.3, -0.25) is 19.7 Å². The number of benzene rings is 1. The van der Waals surface area contributed by atoms with E-state index in [0.29, 0.717) is 29.8 Å². The van der Waals surface area contributed by atoms with Gasteiger partial charge in [0.15, 0.2) is 5.65 Å². The van der Waals surface area contributed by atoms with Crippen LogP contribution in [0.1, 0.15) is 18.4 Å². The number of aromatic amines is 2. The summed E-state index contributed by atoms with van der Waals surface area (Å²) < 4.78 is 0. The molecule has 0 aliphatic heterocycles. The summed E-state index contributed by atoms with van der Waals surface area (Å²) in [4.78, 5) is 29.8. The van der Waals surface area contributed by atoms with Gasteiger partial charge >= 0.3 is 5.97 Å². The zero-order chi connectivity index (χ0) is 16.9. The summed E-state index contributed by atoms with van der Waals surface area (Å²) in [5.74, 6) is -0.566. The lowest BCUT2D eigenvalue weighted by Crippen LogP contribution is -2.26. The molecule has 0 saturated carbocycles. The second kappa shape index (κ2) is 6.95. The zero-order valence-corrected chi connectivity index (χ0v) is 12.8. The molecule has 0 aliphatic rings. The van der Waals surface area contributed by atoms with E-state index in [4.69, 9.17) is 5.11 Å². The molecule has 2 heterocycles. The monoisotopic (exact) mass is 327 g/mol. The van der Waals surface area contributed by atoms with E-state index in [1.807, 2.05) is 30.3 Å². The van der Waals surface area contributed by atoms with Crippen molar-refractivity contribution in [3.63, 3.8) is 0 Å². The number of carboxylic acids is 1. The first-order valence-corrected chi connectivity index (χ1v) is 7.57. The van der Waals surface area contributed by atoms with E-state index in [1.165, 1.54) is 6.20 Å². The molecule has 8 heteroatoms. The third kappa shape index (κ3) is 3.78. The number of nitrogens with one attached hydrogen (secondary N) is 3. The first kappa shape index (κ1) is 15.7. The Morgan fingerprint density at radius 2 is 2.08 bits per heavy atom. The average molecular weight is 327 g/mol. The van der Waals surface area contributed by atoms with Crippen LogP contribution in [0.15, 0.2) is 41.3 Å². The van der Waals surface area contributed by atoms with Gasteiger partial charge < -0.3 is 10.4 Å². The van der Waals surface area contributed by atoms with Crippen molar-refractivity contribution in [2.75, 3.05) is 5.32 Å².